The van der Waals surface area contributed by atoms with E-state index in [2.05, 4.69) is 5.32 Å². The molecule has 162 valence electrons. The van der Waals surface area contributed by atoms with Gasteiger partial charge in [0.25, 0.3) is 5.91 Å². The second kappa shape index (κ2) is 7.85. The summed E-state index contributed by atoms with van der Waals surface area (Å²) < 4.78 is 45.3. The van der Waals surface area contributed by atoms with Gasteiger partial charge in [0.15, 0.2) is 0 Å². The van der Waals surface area contributed by atoms with E-state index in [1.54, 1.807) is 0 Å². The van der Waals surface area contributed by atoms with Gasteiger partial charge < -0.3 is 19.7 Å². The van der Waals surface area contributed by atoms with Gasteiger partial charge in [-0.2, -0.15) is 13.2 Å². The minimum Gasteiger partial charge on any atom is -0.481 e. The second-order valence-corrected chi connectivity index (χ2v) is 8.08. The highest BCUT2D eigenvalue weighted by Gasteiger charge is 2.34. The maximum absolute atomic E-state index is 13.2. The normalized spacial score (nSPS) is 22.5. The number of hydrogen-bond acceptors (Lipinski definition) is 4. The first-order chi connectivity index (χ1) is 14.2. The number of rotatable bonds is 4. The molecular formula is C21H23F3N2O4. The van der Waals surface area contributed by atoms with Crippen LogP contribution in [0, 0.1) is 11.8 Å². The number of fused-ring (bicyclic) bond motifs is 3. The first kappa shape index (κ1) is 20.6. The van der Waals surface area contributed by atoms with Crippen molar-refractivity contribution < 1.29 is 32.3 Å². The van der Waals surface area contributed by atoms with Crippen LogP contribution in [0.1, 0.15) is 48.2 Å². The summed E-state index contributed by atoms with van der Waals surface area (Å²) in [5.41, 5.74) is -0.127. The average molecular weight is 424 g/mol. The molecule has 2 aromatic rings. The Morgan fingerprint density at radius 2 is 1.97 bits per heavy atom. The number of furan rings is 1. The van der Waals surface area contributed by atoms with Crippen LogP contribution < -0.4 is 10.2 Å². The monoisotopic (exact) mass is 424 g/mol. The molecule has 0 spiro atoms. The predicted octanol–water partition coefficient (Wildman–Crippen LogP) is 4.28. The molecule has 6 nitrogen and oxygen atoms in total. The molecule has 30 heavy (non-hydrogen) atoms. The highest BCUT2D eigenvalue weighted by atomic mass is 19.4. The van der Waals surface area contributed by atoms with Gasteiger partial charge in [-0.1, -0.05) is 0 Å². The lowest BCUT2D eigenvalue weighted by atomic mass is 9.80. The lowest BCUT2D eigenvalue weighted by Crippen LogP contribution is -2.32. The highest BCUT2D eigenvalue weighted by Crippen LogP contribution is 2.40. The van der Waals surface area contributed by atoms with Crippen LogP contribution in [0.3, 0.4) is 0 Å². The maximum Gasteiger partial charge on any atom is 0.416 e. The molecule has 0 radical (unpaired) electrons. The zero-order valence-electron chi connectivity index (χ0n) is 16.3. The zero-order chi connectivity index (χ0) is 21.5. The minimum atomic E-state index is -4.49. The summed E-state index contributed by atoms with van der Waals surface area (Å²) in [6, 6.07) is 3.25. The van der Waals surface area contributed by atoms with Gasteiger partial charge in [-0.25, -0.2) is 0 Å². The first-order valence-electron chi connectivity index (χ1n) is 10.1. The number of nitrogens with zero attached hydrogens (tertiary/aromatic N) is 1. The molecule has 0 atom stereocenters. The lowest BCUT2D eigenvalue weighted by molar-refractivity contribution is -0.143. The quantitative estimate of drug-likeness (QED) is 0.766. The summed E-state index contributed by atoms with van der Waals surface area (Å²) in [6.45, 7) is 1.40. The minimum absolute atomic E-state index is 0.0383. The van der Waals surface area contributed by atoms with Gasteiger partial charge in [-0.15, -0.1) is 0 Å². The molecule has 1 aromatic heterocycles. The molecule has 9 heteroatoms. The van der Waals surface area contributed by atoms with Crippen molar-refractivity contribution in [3.05, 3.63) is 29.5 Å². The molecule has 1 aliphatic carbocycles. The molecular weight excluding hydrogens is 401 g/mol. The van der Waals surface area contributed by atoms with Gasteiger partial charge in [-0.05, 0) is 56.2 Å². The number of alkyl halides is 3. The average Bonchev–Trinajstić information content (AvgIpc) is 3.01. The van der Waals surface area contributed by atoms with E-state index in [1.165, 1.54) is 6.07 Å². The Morgan fingerprint density at radius 1 is 1.23 bits per heavy atom. The third-order valence-electron chi connectivity index (χ3n) is 6.18. The summed E-state index contributed by atoms with van der Waals surface area (Å²) in [6.07, 6.45) is -0.771. The number of nitrogens with one attached hydrogen (secondary N) is 1. The van der Waals surface area contributed by atoms with Crippen molar-refractivity contribution in [2.75, 3.05) is 24.5 Å². The zero-order valence-corrected chi connectivity index (χ0v) is 16.3. The van der Waals surface area contributed by atoms with Gasteiger partial charge >= 0.3 is 12.1 Å². The number of carbonyl (C=O) groups is 2. The summed E-state index contributed by atoms with van der Waals surface area (Å²) in [5.74, 6) is -1.07. The lowest BCUT2D eigenvalue weighted by Gasteiger charge is -2.29. The van der Waals surface area contributed by atoms with Gasteiger partial charge in [-0.3, -0.25) is 9.59 Å². The molecule has 1 aromatic carbocycles. The predicted molar refractivity (Wildman–Crippen MR) is 103 cm³/mol. The highest BCUT2D eigenvalue weighted by molar-refractivity contribution is 6.07. The number of carbonyl (C=O) groups excluding carboxylic acids is 1. The maximum atomic E-state index is 13.2. The summed E-state index contributed by atoms with van der Waals surface area (Å²) >= 11 is 0. The van der Waals surface area contributed by atoms with Crippen LogP contribution in [0.5, 0.6) is 0 Å². The van der Waals surface area contributed by atoms with Crippen LogP contribution >= 0.6 is 0 Å². The fourth-order valence-corrected chi connectivity index (χ4v) is 4.49. The van der Waals surface area contributed by atoms with Crippen molar-refractivity contribution >= 4 is 28.5 Å². The topological polar surface area (TPSA) is 82.8 Å². The number of carboxylic acids is 1. The first-order valence-corrected chi connectivity index (χ1v) is 10.1. The number of carboxylic acid groups (broad SMARTS) is 1. The number of anilines is 1. The Labute approximate surface area is 171 Å². The van der Waals surface area contributed by atoms with Crippen molar-refractivity contribution in [2.24, 2.45) is 11.8 Å². The van der Waals surface area contributed by atoms with Crippen molar-refractivity contribution in [2.45, 2.75) is 38.3 Å². The molecule has 1 aliphatic heterocycles. The molecule has 1 fully saturated rings. The fraction of sp³-hybridized carbons (Fsp3) is 0.524. The van der Waals surface area contributed by atoms with Crippen molar-refractivity contribution in [1.82, 2.24) is 5.32 Å². The molecule has 0 bridgehead atoms. The largest absolute Gasteiger partial charge is 0.481 e. The SMILES string of the molecule is O=C1NCCN(CCC2CCC(C(=O)O)CC2)c2c1oc1ccc(C(F)(F)F)cc21. The van der Waals surface area contributed by atoms with Crippen LogP contribution in [0.25, 0.3) is 11.0 Å². The molecule has 1 amide bonds. The molecule has 1 saturated carbocycles. The molecule has 2 N–H and O–H groups in total. The number of benzene rings is 1. The number of hydrogen-bond donors (Lipinski definition) is 2. The van der Waals surface area contributed by atoms with Crippen LogP contribution in [-0.2, 0) is 11.0 Å². The van der Waals surface area contributed by atoms with Gasteiger partial charge in [0.1, 0.15) is 5.58 Å². The van der Waals surface area contributed by atoms with E-state index in [-0.39, 0.29) is 22.6 Å². The second-order valence-electron chi connectivity index (χ2n) is 8.08. The molecule has 0 saturated heterocycles. The van der Waals surface area contributed by atoms with E-state index in [4.69, 9.17) is 9.52 Å². The smallest absolute Gasteiger partial charge is 0.416 e. The van der Waals surface area contributed by atoms with Crippen LogP contribution in [0.4, 0.5) is 18.9 Å². The molecule has 4 rings (SSSR count). The number of halogens is 3. The van der Waals surface area contributed by atoms with Crippen molar-refractivity contribution in [3.8, 4) is 0 Å². The van der Waals surface area contributed by atoms with E-state index in [9.17, 15) is 22.8 Å². The van der Waals surface area contributed by atoms with Gasteiger partial charge in [0, 0.05) is 25.0 Å². The fourth-order valence-electron chi connectivity index (χ4n) is 4.49. The van der Waals surface area contributed by atoms with E-state index in [0.29, 0.717) is 44.1 Å². The van der Waals surface area contributed by atoms with Crippen LogP contribution in [0.2, 0.25) is 0 Å². The summed E-state index contributed by atoms with van der Waals surface area (Å²) in [7, 11) is 0. The summed E-state index contributed by atoms with van der Waals surface area (Å²) in [4.78, 5) is 25.4. The van der Waals surface area contributed by atoms with Gasteiger partial charge in [0.2, 0.25) is 5.76 Å². The van der Waals surface area contributed by atoms with Crippen molar-refractivity contribution in [1.29, 1.82) is 0 Å². The van der Waals surface area contributed by atoms with Crippen LogP contribution in [-0.4, -0.2) is 36.6 Å². The number of aliphatic carboxylic acids is 1. The Kier molecular flexibility index (Phi) is 5.38. The van der Waals surface area contributed by atoms with Crippen LogP contribution in [0.15, 0.2) is 22.6 Å². The Balaban J connectivity index is 1.58. The standard InChI is InChI=1S/C21H23F3N2O4/c22-21(23,24)14-5-6-16-15(11-14)17-18(30-16)19(27)25-8-10-26(17)9-7-12-1-3-13(4-2-12)20(28)29/h5-6,11-13H,1-4,7-10H2,(H,25,27)(H,28,29). The Morgan fingerprint density at radius 3 is 2.63 bits per heavy atom. The van der Waals surface area contributed by atoms with E-state index in [1.807, 2.05) is 4.90 Å². The molecule has 2 heterocycles. The summed E-state index contributed by atoms with van der Waals surface area (Å²) in [5, 5.41) is 12.2. The third kappa shape index (κ3) is 3.97. The van der Waals surface area contributed by atoms with E-state index in [0.717, 1.165) is 31.4 Å². The third-order valence-corrected chi connectivity index (χ3v) is 6.18. The number of amides is 1. The van der Waals surface area contributed by atoms with Crippen molar-refractivity contribution in [3.63, 3.8) is 0 Å². The molecule has 0 unspecified atom stereocenters. The Hall–Kier alpha value is -2.71. The van der Waals surface area contributed by atoms with E-state index >= 15 is 0 Å². The Bertz CT molecular complexity index is 961. The molecule has 2 aliphatic rings. The van der Waals surface area contributed by atoms with Gasteiger partial charge in [0.05, 0.1) is 17.2 Å². The van der Waals surface area contributed by atoms with E-state index < -0.39 is 23.6 Å².